The van der Waals surface area contributed by atoms with Crippen LogP contribution in [0.2, 0.25) is 0 Å². The second-order valence-corrected chi connectivity index (χ2v) is 6.02. The van der Waals surface area contributed by atoms with E-state index in [1.807, 2.05) is 0 Å². The molecule has 0 unspecified atom stereocenters. The lowest BCUT2D eigenvalue weighted by atomic mass is 10.2. The van der Waals surface area contributed by atoms with Crippen molar-refractivity contribution in [3.63, 3.8) is 0 Å². The summed E-state index contributed by atoms with van der Waals surface area (Å²) in [4.78, 5) is 35.8. The second kappa shape index (κ2) is 9.45. The Balaban J connectivity index is 1.47. The van der Waals surface area contributed by atoms with Crippen LogP contribution in [0.15, 0.2) is 42.5 Å². The molecular formula is C20H20N2O7. The Bertz CT molecular complexity index is 896. The van der Waals surface area contributed by atoms with Crippen LogP contribution in [-0.4, -0.2) is 44.8 Å². The molecule has 2 aromatic carbocycles. The van der Waals surface area contributed by atoms with Gasteiger partial charge in [0.05, 0.1) is 25.9 Å². The number of rotatable bonds is 5. The van der Waals surface area contributed by atoms with Gasteiger partial charge in [0.1, 0.15) is 5.75 Å². The third-order valence-electron chi connectivity index (χ3n) is 3.92. The summed E-state index contributed by atoms with van der Waals surface area (Å²) in [6.45, 7) is 0.413. The van der Waals surface area contributed by atoms with Gasteiger partial charge in [0.15, 0.2) is 18.1 Å². The van der Waals surface area contributed by atoms with E-state index in [1.54, 1.807) is 30.3 Å². The SMILES string of the molecule is COc1ccc(NC(=O)NC(=O)COC(=O)c2ccc3c(c2)OCCCO3)cc1. The monoisotopic (exact) mass is 400 g/mol. The smallest absolute Gasteiger partial charge is 0.338 e. The summed E-state index contributed by atoms with van der Waals surface area (Å²) < 4.78 is 21.0. The van der Waals surface area contributed by atoms with E-state index in [-0.39, 0.29) is 5.56 Å². The van der Waals surface area contributed by atoms with Gasteiger partial charge in [0.25, 0.3) is 5.91 Å². The zero-order valence-electron chi connectivity index (χ0n) is 15.7. The molecule has 0 atom stereocenters. The minimum atomic E-state index is -0.765. The third-order valence-corrected chi connectivity index (χ3v) is 3.92. The molecular weight excluding hydrogens is 380 g/mol. The molecule has 0 saturated carbocycles. The molecule has 9 nitrogen and oxygen atoms in total. The van der Waals surface area contributed by atoms with Crippen LogP contribution in [0, 0.1) is 0 Å². The van der Waals surface area contributed by atoms with Crippen molar-refractivity contribution in [2.45, 2.75) is 6.42 Å². The Labute approximate surface area is 166 Å². The number of carbonyl (C=O) groups is 3. The summed E-state index contributed by atoms with van der Waals surface area (Å²) in [6.07, 6.45) is 0.743. The van der Waals surface area contributed by atoms with Gasteiger partial charge in [-0.25, -0.2) is 9.59 Å². The normalized spacial score (nSPS) is 12.3. The Morgan fingerprint density at radius 3 is 2.45 bits per heavy atom. The molecule has 1 aliphatic rings. The van der Waals surface area contributed by atoms with Crippen LogP contribution < -0.4 is 24.8 Å². The fourth-order valence-electron chi connectivity index (χ4n) is 2.50. The highest BCUT2D eigenvalue weighted by atomic mass is 16.5. The molecule has 152 valence electrons. The highest BCUT2D eigenvalue weighted by Crippen LogP contribution is 2.30. The summed E-state index contributed by atoms with van der Waals surface area (Å²) in [5.41, 5.74) is 0.685. The number of amides is 3. The number of methoxy groups -OCH3 is 1. The third kappa shape index (κ3) is 5.61. The molecule has 0 aliphatic carbocycles. The first kappa shape index (κ1) is 20.0. The van der Waals surface area contributed by atoms with Crippen LogP contribution in [0.4, 0.5) is 10.5 Å². The number of urea groups is 1. The summed E-state index contributed by atoms with van der Waals surface area (Å²) in [5.74, 6) is 0.144. The van der Waals surface area contributed by atoms with Crippen LogP contribution in [-0.2, 0) is 9.53 Å². The molecule has 9 heteroatoms. The standard InChI is InChI=1S/C20H20N2O7/c1-26-15-6-4-14(5-7-15)21-20(25)22-18(23)12-29-19(24)13-3-8-16-17(11-13)28-10-2-9-27-16/h3-8,11H,2,9-10,12H2,1H3,(H2,21,22,23,25). The van der Waals surface area contributed by atoms with Gasteiger partial charge >= 0.3 is 12.0 Å². The van der Waals surface area contributed by atoms with Gasteiger partial charge in [-0.3, -0.25) is 10.1 Å². The van der Waals surface area contributed by atoms with E-state index < -0.39 is 24.5 Å². The molecule has 0 bridgehead atoms. The fraction of sp³-hybridized carbons (Fsp3) is 0.250. The van der Waals surface area contributed by atoms with Gasteiger partial charge in [-0.2, -0.15) is 0 Å². The van der Waals surface area contributed by atoms with E-state index in [0.717, 1.165) is 6.42 Å². The average Bonchev–Trinajstić information content (AvgIpc) is 2.97. The first-order chi connectivity index (χ1) is 14.0. The number of ether oxygens (including phenoxy) is 4. The van der Waals surface area contributed by atoms with Crippen molar-refractivity contribution in [2.24, 2.45) is 0 Å². The minimum Gasteiger partial charge on any atom is -0.497 e. The molecule has 0 saturated heterocycles. The zero-order chi connectivity index (χ0) is 20.6. The van der Waals surface area contributed by atoms with E-state index in [0.29, 0.717) is 36.1 Å². The first-order valence-corrected chi connectivity index (χ1v) is 8.87. The lowest BCUT2D eigenvalue weighted by Crippen LogP contribution is -2.37. The zero-order valence-corrected chi connectivity index (χ0v) is 15.7. The molecule has 0 aromatic heterocycles. The van der Waals surface area contributed by atoms with E-state index in [1.165, 1.54) is 19.2 Å². The summed E-state index contributed by atoms with van der Waals surface area (Å²) >= 11 is 0. The lowest BCUT2D eigenvalue weighted by molar-refractivity contribution is -0.123. The van der Waals surface area contributed by atoms with Crippen LogP contribution >= 0.6 is 0 Å². The number of fused-ring (bicyclic) bond motifs is 1. The van der Waals surface area contributed by atoms with E-state index >= 15 is 0 Å². The highest BCUT2D eigenvalue weighted by molar-refractivity contribution is 6.02. The van der Waals surface area contributed by atoms with E-state index in [2.05, 4.69) is 10.6 Å². The molecule has 1 heterocycles. The summed E-state index contributed by atoms with van der Waals surface area (Å²) in [6, 6.07) is 10.4. The molecule has 29 heavy (non-hydrogen) atoms. The van der Waals surface area contributed by atoms with Gasteiger partial charge in [0, 0.05) is 12.1 Å². The van der Waals surface area contributed by atoms with Crippen molar-refractivity contribution >= 4 is 23.6 Å². The Morgan fingerprint density at radius 2 is 1.72 bits per heavy atom. The number of carbonyl (C=O) groups excluding carboxylic acids is 3. The molecule has 1 aliphatic heterocycles. The Kier molecular flexibility index (Phi) is 6.51. The molecule has 3 amide bonds. The first-order valence-electron chi connectivity index (χ1n) is 8.87. The topological polar surface area (TPSA) is 112 Å². The molecule has 0 spiro atoms. The molecule has 0 fully saturated rings. The number of nitrogens with one attached hydrogen (secondary N) is 2. The fourth-order valence-corrected chi connectivity index (χ4v) is 2.50. The Hall–Kier alpha value is -3.75. The van der Waals surface area contributed by atoms with Gasteiger partial charge in [-0.1, -0.05) is 0 Å². The van der Waals surface area contributed by atoms with Crippen LogP contribution in [0.3, 0.4) is 0 Å². The van der Waals surface area contributed by atoms with Crippen LogP contribution in [0.5, 0.6) is 17.2 Å². The van der Waals surface area contributed by atoms with E-state index in [9.17, 15) is 14.4 Å². The van der Waals surface area contributed by atoms with Crippen LogP contribution in [0.25, 0.3) is 0 Å². The predicted molar refractivity (Wildman–Crippen MR) is 102 cm³/mol. The number of benzene rings is 2. The van der Waals surface area contributed by atoms with Gasteiger partial charge < -0.3 is 24.3 Å². The average molecular weight is 400 g/mol. The number of imide groups is 1. The van der Waals surface area contributed by atoms with E-state index in [4.69, 9.17) is 18.9 Å². The Morgan fingerprint density at radius 1 is 1.00 bits per heavy atom. The number of anilines is 1. The number of hydrogen-bond donors (Lipinski definition) is 2. The van der Waals surface area contributed by atoms with Crippen molar-refractivity contribution in [1.29, 1.82) is 0 Å². The van der Waals surface area contributed by atoms with Crippen molar-refractivity contribution in [3.8, 4) is 17.2 Å². The summed E-state index contributed by atoms with van der Waals surface area (Å²) in [7, 11) is 1.53. The quantitative estimate of drug-likeness (QED) is 0.741. The maximum absolute atomic E-state index is 12.1. The number of hydrogen-bond acceptors (Lipinski definition) is 7. The van der Waals surface area contributed by atoms with Gasteiger partial charge in [-0.15, -0.1) is 0 Å². The maximum Gasteiger partial charge on any atom is 0.338 e. The number of esters is 1. The lowest BCUT2D eigenvalue weighted by Gasteiger charge is -2.10. The van der Waals surface area contributed by atoms with Crippen molar-refractivity contribution in [1.82, 2.24) is 5.32 Å². The molecule has 2 N–H and O–H groups in total. The minimum absolute atomic E-state index is 0.213. The highest BCUT2D eigenvalue weighted by Gasteiger charge is 2.17. The molecule has 0 radical (unpaired) electrons. The largest absolute Gasteiger partial charge is 0.497 e. The van der Waals surface area contributed by atoms with Crippen molar-refractivity contribution < 1.29 is 33.3 Å². The van der Waals surface area contributed by atoms with Crippen LogP contribution in [0.1, 0.15) is 16.8 Å². The van der Waals surface area contributed by atoms with Crippen molar-refractivity contribution in [3.05, 3.63) is 48.0 Å². The molecule has 2 aromatic rings. The predicted octanol–water partition coefficient (Wildman–Crippen LogP) is 2.36. The summed E-state index contributed by atoms with van der Waals surface area (Å²) in [5, 5.41) is 4.57. The van der Waals surface area contributed by atoms with Gasteiger partial charge in [0.2, 0.25) is 0 Å². The molecule has 3 rings (SSSR count). The second-order valence-electron chi connectivity index (χ2n) is 6.02. The maximum atomic E-state index is 12.1. The van der Waals surface area contributed by atoms with Crippen molar-refractivity contribution in [2.75, 3.05) is 32.2 Å². The van der Waals surface area contributed by atoms with Gasteiger partial charge in [-0.05, 0) is 42.5 Å².